The molecule has 0 heterocycles. The molecule has 4 heteroatoms. The highest BCUT2D eigenvalue weighted by Crippen LogP contribution is 2.41. The van der Waals surface area contributed by atoms with Crippen molar-refractivity contribution < 1.29 is 10.2 Å². The Bertz CT molecular complexity index is 1710. The number of phenols is 2. The fraction of sp³-hybridized carbons (Fsp3) is 0.0556. The molecule has 2 atom stereocenters. The molecule has 0 bridgehead atoms. The summed E-state index contributed by atoms with van der Waals surface area (Å²) < 4.78 is 0. The maximum Gasteiger partial charge on any atom is 0.124 e. The Morgan fingerprint density at radius 1 is 0.425 bits per heavy atom. The number of phenolic OH excluding ortho intramolecular Hbond substituents is 2. The Morgan fingerprint density at radius 2 is 0.800 bits per heavy atom. The zero-order valence-corrected chi connectivity index (χ0v) is 21.8. The standard InChI is InChI=1S/C36H28N2O2/c39-33-21-7-3-13-27(33)23-37-35(31-19-9-15-25-11-1-5-17-29(25)31)36(38-24-28-14-4-8-22-34(28)40)32-20-10-16-26-12-2-6-18-30(26)32/h1-24,35-36,39-40H. The van der Waals surface area contributed by atoms with Crippen LogP contribution < -0.4 is 0 Å². The third-order valence-corrected chi connectivity index (χ3v) is 7.21. The molecule has 0 spiro atoms. The van der Waals surface area contributed by atoms with Gasteiger partial charge >= 0.3 is 0 Å². The molecule has 0 saturated heterocycles. The Balaban J connectivity index is 1.60. The van der Waals surface area contributed by atoms with Crippen molar-refractivity contribution in [1.29, 1.82) is 0 Å². The lowest BCUT2D eigenvalue weighted by atomic mass is 9.88. The van der Waals surface area contributed by atoms with E-state index < -0.39 is 12.1 Å². The van der Waals surface area contributed by atoms with E-state index in [-0.39, 0.29) is 11.5 Å². The first kappa shape index (κ1) is 25.1. The summed E-state index contributed by atoms with van der Waals surface area (Å²) in [5, 5.41) is 25.4. The number of rotatable bonds is 7. The molecule has 2 unspecified atom stereocenters. The Labute approximate surface area is 233 Å². The first-order valence-electron chi connectivity index (χ1n) is 13.3. The normalized spacial score (nSPS) is 13.3. The largest absolute Gasteiger partial charge is 0.507 e. The molecule has 194 valence electrons. The molecule has 4 nitrogen and oxygen atoms in total. The minimum atomic E-state index is -0.432. The lowest BCUT2D eigenvalue weighted by Crippen LogP contribution is -2.10. The SMILES string of the molecule is Oc1ccccc1C=NC(c1cccc2ccccc12)C(N=Cc1ccccc1O)c1cccc2ccccc12. The maximum atomic E-state index is 10.5. The van der Waals surface area contributed by atoms with Crippen LogP contribution in [0.4, 0.5) is 0 Å². The van der Waals surface area contributed by atoms with Crippen LogP contribution in [0.3, 0.4) is 0 Å². The Kier molecular flexibility index (Phi) is 7.06. The molecular formula is C36H28N2O2. The van der Waals surface area contributed by atoms with Gasteiger partial charge in [0.1, 0.15) is 23.6 Å². The summed E-state index contributed by atoms with van der Waals surface area (Å²) >= 11 is 0. The fourth-order valence-corrected chi connectivity index (χ4v) is 5.20. The van der Waals surface area contributed by atoms with Crippen molar-refractivity contribution in [3.05, 3.63) is 156 Å². The molecule has 0 aromatic heterocycles. The van der Waals surface area contributed by atoms with Crippen LogP contribution >= 0.6 is 0 Å². The lowest BCUT2D eigenvalue weighted by molar-refractivity contribution is 0.473. The third kappa shape index (κ3) is 5.07. The highest BCUT2D eigenvalue weighted by molar-refractivity contribution is 5.90. The second kappa shape index (κ2) is 11.3. The van der Waals surface area contributed by atoms with Gasteiger partial charge in [-0.1, -0.05) is 109 Å². The van der Waals surface area contributed by atoms with Gasteiger partial charge < -0.3 is 10.2 Å². The second-order valence-electron chi connectivity index (χ2n) is 9.70. The van der Waals surface area contributed by atoms with Gasteiger partial charge in [-0.05, 0) is 56.9 Å². The number of aliphatic imine (C=N–C) groups is 2. The van der Waals surface area contributed by atoms with Gasteiger partial charge in [-0.15, -0.1) is 0 Å². The summed E-state index contributed by atoms with van der Waals surface area (Å²) in [6.07, 6.45) is 3.46. The van der Waals surface area contributed by atoms with Crippen molar-refractivity contribution in [2.75, 3.05) is 0 Å². The molecule has 40 heavy (non-hydrogen) atoms. The topological polar surface area (TPSA) is 65.2 Å². The number of nitrogens with zero attached hydrogens (tertiary/aromatic N) is 2. The highest BCUT2D eigenvalue weighted by atomic mass is 16.3. The van der Waals surface area contributed by atoms with Crippen LogP contribution in [0.5, 0.6) is 11.5 Å². The van der Waals surface area contributed by atoms with E-state index in [4.69, 9.17) is 9.98 Å². The number of aromatic hydroxyl groups is 2. The van der Waals surface area contributed by atoms with Crippen LogP contribution in [0.2, 0.25) is 0 Å². The van der Waals surface area contributed by atoms with Crippen LogP contribution in [0.1, 0.15) is 34.3 Å². The Hall–Kier alpha value is -5.22. The molecule has 0 amide bonds. The Morgan fingerprint density at radius 3 is 1.25 bits per heavy atom. The van der Waals surface area contributed by atoms with Crippen LogP contribution in [0.25, 0.3) is 21.5 Å². The van der Waals surface area contributed by atoms with Gasteiger partial charge in [0.2, 0.25) is 0 Å². The third-order valence-electron chi connectivity index (χ3n) is 7.21. The monoisotopic (exact) mass is 520 g/mol. The molecule has 6 aromatic carbocycles. The zero-order chi connectivity index (χ0) is 27.3. The van der Waals surface area contributed by atoms with Crippen molar-refractivity contribution in [3.8, 4) is 11.5 Å². The first-order valence-corrected chi connectivity index (χ1v) is 13.3. The summed E-state index contributed by atoms with van der Waals surface area (Å²) in [5.74, 6) is 0.338. The first-order chi connectivity index (χ1) is 19.7. The van der Waals surface area contributed by atoms with Gasteiger partial charge in [0.05, 0.1) is 0 Å². The molecule has 0 aliphatic carbocycles. The van der Waals surface area contributed by atoms with E-state index >= 15 is 0 Å². The molecule has 0 aliphatic heterocycles. The average Bonchev–Trinajstić information content (AvgIpc) is 3.00. The van der Waals surface area contributed by atoms with Gasteiger partial charge in [0, 0.05) is 23.6 Å². The number of hydrogen-bond donors (Lipinski definition) is 2. The molecule has 0 saturated carbocycles. The maximum absolute atomic E-state index is 10.5. The molecule has 2 N–H and O–H groups in total. The predicted octanol–water partition coefficient (Wildman–Crippen LogP) is 8.42. The molecule has 0 radical (unpaired) electrons. The van der Waals surface area contributed by atoms with E-state index in [9.17, 15) is 10.2 Å². The van der Waals surface area contributed by atoms with Crippen molar-refractivity contribution >= 4 is 34.0 Å². The van der Waals surface area contributed by atoms with E-state index in [2.05, 4.69) is 48.5 Å². The quantitative estimate of drug-likeness (QED) is 0.208. The number of benzene rings is 6. The molecule has 0 aliphatic rings. The molecule has 6 aromatic rings. The van der Waals surface area contributed by atoms with E-state index in [1.165, 1.54) is 0 Å². The number of para-hydroxylation sites is 2. The summed E-state index contributed by atoms with van der Waals surface area (Å²) in [5.41, 5.74) is 3.32. The minimum absolute atomic E-state index is 0.169. The summed E-state index contributed by atoms with van der Waals surface area (Å²) in [6, 6.07) is 42.5. The fourth-order valence-electron chi connectivity index (χ4n) is 5.20. The van der Waals surface area contributed by atoms with Gasteiger partial charge in [-0.25, -0.2) is 0 Å². The number of fused-ring (bicyclic) bond motifs is 2. The highest BCUT2D eigenvalue weighted by Gasteiger charge is 2.26. The molecule has 6 rings (SSSR count). The second-order valence-corrected chi connectivity index (χ2v) is 9.70. The van der Waals surface area contributed by atoms with Crippen molar-refractivity contribution in [2.45, 2.75) is 12.1 Å². The number of hydrogen-bond acceptors (Lipinski definition) is 4. The summed E-state index contributed by atoms with van der Waals surface area (Å²) in [6.45, 7) is 0. The van der Waals surface area contributed by atoms with Crippen LogP contribution in [0, 0.1) is 0 Å². The summed E-state index contributed by atoms with van der Waals surface area (Å²) in [7, 11) is 0. The smallest absolute Gasteiger partial charge is 0.124 e. The summed E-state index contributed by atoms with van der Waals surface area (Å²) in [4.78, 5) is 10.3. The van der Waals surface area contributed by atoms with Gasteiger partial charge in [-0.2, -0.15) is 0 Å². The minimum Gasteiger partial charge on any atom is -0.507 e. The zero-order valence-electron chi connectivity index (χ0n) is 21.8. The predicted molar refractivity (Wildman–Crippen MR) is 165 cm³/mol. The van der Waals surface area contributed by atoms with E-state index in [0.717, 1.165) is 32.7 Å². The van der Waals surface area contributed by atoms with Crippen molar-refractivity contribution in [2.24, 2.45) is 9.98 Å². The lowest BCUT2D eigenvalue weighted by Gasteiger charge is -2.24. The van der Waals surface area contributed by atoms with Crippen molar-refractivity contribution in [1.82, 2.24) is 0 Å². The van der Waals surface area contributed by atoms with Crippen molar-refractivity contribution in [3.63, 3.8) is 0 Å². The van der Waals surface area contributed by atoms with E-state index in [1.807, 2.05) is 60.7 Å². The van der Waals surface area contributed by atoms with E-state index in [0.29, 0.717) is 11.1 Å². The van der Waals surface area contributed by atoms with Crippen LogP contribution in [-0.4, -0.2) is 22.6 Å². The average molecular weight is 521 g/mol. The van der Waals surface area contributed by atoms with E-state index in [1.54, 1.807) is 36.7 Å². The van der Waals surface area contributed by atoms with Gasteiger partial charge in [0.25, 0.3) is 0 Å². The van der Waals surface area contributed by atoms with Crippen LogP contribution in [0.15, 0.2) is 143 Å². The van der Waals surface area contributed by atoms with Crippen LogP contribution in [-0.2, 0) is 0 Å². The van der Waals surface area contributed by atoms with Gasteiger partial charge in [0.15, 0.2) is 0 Å². The van der Waals surface area contributed by atoms with Gasteiger partial charge in [-0.3, -0.25) is 9.98 Å². The molecular weight excluding hydrogens is 492 g/mol. The molecule has 0 fully saturated rings.